The highest BCUT2D eigenvalue weighted by Crippen LogP contribution is 2.30. The van der Waals surface area contributed by atoms with Crippen molar-refractivity contribution in [2.45, 2.75) is 31.8 Å². The minimum absolute atomic E-state index is 0.0266. The zero-order chi connectivity index (χ0) is 17.7. The number of nitrogens with zero attached hydrogens (tertiary/aromatic N) is 2. The number of amides is 2. The predicted octanol–water partition coefficient (Wildman–Crippen LogP) is -0.463. The summed E-state index contributed by atoms with van der Waals surface area (Å²) in [5.41, 5.74) is -0.328. The molecule has 0 aromatic carbocycles. The maximum Gasteiger partial charge on any atom is 0.300 e. The summed E-state index contributed by atoms with van der Waals surface area (Å²) in [6.07, 6.45) is 2.70. The lowest BCUT2D eigenvalue weighted by molar-refractivity contribution is -0.160. The standard InChI is InChI=1S/C14H23N3O3.C2H4O2/c1-16-9-14(20-8-12(16)18)4-7-17(10-14)13(19)11-2-5-15-6-3-11;1-2(3)4/h11,15H,2-10H2,1H3;1H3,(H,3,4). The van der Waals surface area contributed by atoms with Crippen LogP contribution >= 0.6 is 0 Å². The molecule has 0 aromatic rings. The highest BCUT2D eigenvalue weighted by atomic mass is 16.5. The molecule has 3 saturated heterocycles. The molecular formula is C16H27N3O5. The minimum atomic E-state index is -0.833. The number of carboxylic acids is 1. The van der Waals surface area contributed by atoms with E-state index in [4.69, 9.17) is 14.6 Å². The number of aliphatic carboxylic acids is 1. The van der Waals surface area contributed by atoms with E-state index >= 15 is 0 Å². The van der Waals surface area contributed by atoms with Gasteiger partial charge in [0, 0.05) is 26.4 Å². The number of carbonyl (C=O) groups is 3. The molecular weight excluding hydrogens is 314 g/mol. The summed E-state index contributed by atoms with van der Waals surface area (Å²) in [5, 5.41) is 10.7. The first kappa shape index (κ1) is 18.7. The van der Waals surface area contributed by atoms with Crippen LogP contribution in [0.3, 0.4) is 0 Å². The SMILES string of the molecule is CC(=O)O.CN1CC2(CCN(C(=O)C3CCNCC3)C2)OCC1=O. The van der Waals surface area contributed by atoms with E-state index in [9.17, 15) is 9.59 Å². The molecule has 8 nitrogen and oxygen atoms in total. The van der Waals surface area contributed by atoms with Crippen LogP contribution in [0.15, 0.2) is 0 Å². The molecule has 3 aliphatic heterocycles. The van der Waals surface area contributed by atoms with Crippen molar-refractivity contribution in [1.82, 2.24) is 15.1 Å². The molecule has 0 saturated carbocycles. The average molecular weight is 341 g/mol. The fourth-order valence-corrected chi connectivity index (χ4v) is 3.50. The van der Waals surface area contributed by atoms with Crippen LogP contribution in [0.1, 0.15) is 26.2 Å². The number of carboxylic acid groups (broad SMARTS) is 1. The quantitative estimate of drug-likeness (QED) is 0.669. The van der Waals surface area contributed by atoms with Crippen LogP contribution in [0.2, 0.25) is 0 Å². The molecule has 3 heterocycles. The third-order valence-corrected chi connectivity index (χ3v) is 4.77. The van der Waals surface area contributed by atoms with Crippen LogP contribution in [0.25, 0.3) is 0 Å². The number of ether oxygens (including phenoxy) is 1. The minimum Gasteiger partial charge on any atom is -0.481 e. The lowest BCUT2D eigenvalue weighted by Gasteiger charge is -2.38. The van der Waals surface area contributed by atoms with Gasteiger partial charge in [0.05, 0.1) is 13.1 Å². The van der Waals surface area contributed by atoms with Gasteiger partial charge >= 0.3 is 0 Å². The number of carbonyl (C=O) groups excluding carboxylic acids is 2. The highest BCUT2D eigenvalue weighted by molar-refractivity contribution is 5.80. The van der Waals surface area contributed by atoms with Crippen LogP contribution in [-0.4, -0.2) is 84.7 Å². The number of piperidine rings is 1. The number of hydrogen-bond donors (Lipinski definition) is 2. The molecule has 3 aliphatic rings. The smallest absolute Gasteiger partial charge is 0.300 e. The van der Waals surface area contributed by atoms with E-state index < -0.39 is 5.97 Å². The van der Waals surface area contributed by atoms with Crippen molar-refractivity contribution in [2.75, 3.05) is 46.4 Å². The lowest BCUT2D eigenvalue weighted by atomic mass is 9.96. The fraction of sp³-hybridized carbons (Fsp3) is 0.812. The first-order chi connectivity index (χ1) is 11.3. The summed E-state index contributed by atoms with van der Waals surface area (Å²) in [4.78, 5) is 36.7. The van der Waals surface area contributed by atoms with Gasteiger partial charge in [-0.2, -0.15) is 0 Å². The normalized spacial score (nSPS) is 27.8. The third kappa shape index (κ3) is 4.67. The Hall–Kier alpha value is -1.67. The second kappa shape index (κ2) is 7.94. The van der Waals surface area contributed by atoms with E-state index in [-0.39, 0.29) is 29.9 Å². The molecule has 1 unspecified atom stereocenters. The molecule has 3 fully saturated rings. The Kier molecular flexibility index (Phi) is 6.17. The van der Waals surface area contributed by atoms with Crippen molar-refractivity contribution in [1.29, 1.82) is 0 Å². The Morgan fingerprint density at radius 3 is 2.50 bits per heavy atom. The zero-order valence-electron chi connectivity index (χ0n) is 14.4. The van der Waals surface area contributed by atoms with Gasteiger partial charge in [-0.05, 0) is 32.4 Å². The molecule has 2 N–H and O–H groups in total. The largest absolute Gasteiger partial charge is 0.481 e. The molecule has 1 spiro atoms. The Labute approximate surface area is 142 Å². The molecule has 3 rings (SSSR count). The van der Waals surface area contributed by atoms with E-state index in [1.807, 2.05) is 11.9 Å². The third-order valence-electron chi connectivity index (χ3n) is 4.77. The summed E-state index contributed by atoms with van der Waals surface area (Å²) in [7, 11) is 1.81. The van der Waals surface area contributed by atoms with Gasteiger partial charge in [0.2, 0.25) is 11.8 Å². The molecule has 24 heavy (non-hydrogen) atoms. The monoisotopic (exact) mass is 341 g/mol. The second-order valence-electron chi connectivity index (χ2n) is 6.77. The van der Waals surface area contributed by atoms with Crippen molar-refractivity contribution < 1.29 is 24.2 Å². The van der Waals surface area contributed by atoms with Gasteiger partial charge in [-0.1, -0.05) is 0 Å². The Morgan fingerprint density at radius 1 is 1.29 bits per heavy atom. The number of likely N-dealkylation sites (N-methyl/N-ethyl adjacent to an activating group) is 1. The van der Waals surface area contributed by atoms with Crippen molar-refractivity contribution in [3.05, 3.63) is 0 Å². The molecule has 1 atom stereocenters. The molecule has 0 bridgehead atoms. The maximum atomic E-state index is 12.5. The Bertz CT molecular complexity index is 488. The van der Waals surface area contributed by atoms with E-state index in [1.165, 1.54) is 0 Å². The first-order valence-electron chi connectivity index (χ1n) is 8.40. The van der Waals surface area contributed by atoms with Gasteiger partial charge in [0.1, 0.15) is 12.2 Å². The number of rotatable bonds is 1. The topological polar surface area (TPSA) is 99.2 Å². The molecule has 0 aliphatic carbocycles. The van der Waals surface area contributed by atoms with Crippen LogP contribution in [0, 0.1) is 5.92 Å². The van der Waals surface area contributed by atoms with Gasteiger partial charge in [-0.3, -0.25) is 14.4 Å². The summed E-state index contributed by atoms with van der Waals surface area (Å²) in [6, 6.07) is 0. The molecule has 0 aromatic heterocycles. The van der Waals surface area contributed by atoms with E-state index in [0.29, 0.717) is 13.1 Å². The zero-order valence-corrected chi connectivity index (χ0v) is 14.4. The van der Waals surface area contributed by atoms with Gasteiger partial charge in [0.25, 0.3) is 5.97 Å². The molecule has 8 heteroatoms. The van der Waals surface area contributed by atoms with E-state index in [2.05, 4.69) is 5.32 Å². The van der Waals surface area contributed by atoms with Gasteiger partial charge in [-0.15, -0.1) is 0 Å². The predicted molar refractivity (Wildman–Crippen MR) is 86.4 cm³/mol. The maximum absolute atomic E-state index is 12.5. The summed E-state index contributed by atoms with van der Waals surface area (Å²) < 4.78 is 5.78. The van der Waals surface area contributed by atoms with Crippen molar-refractivity contribution >= 4 is 17.8 Å². The van der Waals surface area contributed by atoms with Crippen LogP contribution in [0.5, 0.6) is 0 Å². The summed E-state index contributed by atoms with van der Waals surface area (Å²) >= 11 is 0. The summed E-state index contributed by atoms with van der Waals surface area (Å²) in [5.74, 6) is -0.375. The van der Waals surface area contributed by atoms with Crippen LogP contribution in [0.4, 0.5) is 0 Å². The Morgan fingerprint density at radius 2 is 1.92 bits per heavy atom. The van der Waals surface area contributed by atoms with Crippen molar-refractivity contribution in [2.24, 2.45) is 5.92 Å². The second-order valence-corrected chi connectivity index (χ2v) is 6.77. The van der Waals surface area contributed by atoms with Crippen LogP contribution in [-0.2, 0) is 19.1 Å². The number of hydrogen-bond acceptors (Lipinski definition) is 5. The number of likely N-dealkylation sites (tertiary alicyclic amines) is 1. The summed E-state index contributed by atoms with van der Waals surface area (Å²) in [6.45, 7) is 5.08. The van der Waals surface area contributed by atoms with E-state index in [0.717, 1.165) is 45.8 Å². The van der Waals surface area contributed by atoms with Crippen LogP contribution < -0.4 is 5.32 Å². The number of morpholine rings is 1. The molecule has 0 radical (unpaired) electrons. The lowest BCUT2D eigenvalue weighted by Crippen LogP contribution is -2.55. The average Bonchev–Trinajstić information content (AvgIpc) is 2.95. The number of nitrogens with one attached hydrogen (secondary N) is 1. The van der Waals surface area contributed by atoms with Gasteiger partial charge < -0.3 is 25.0 Å². The first-order valence-corrected chi connectivity index (χ1v) is 8.40. The molecule has 2 amide bonds. The Balaban J connectivity index is 0.000000471. The van der Waals surface area contributed by atoms with E-state index in [1.54, 1.807) is 4.90 Å². The van der Waals surface area contributed by atoms with Gasteiger partial charge in [0.15, 0.2) is 0 Å². The molecule has 136 valence electrons. The van der Waals surface area contributed by atoms with Crippen molar-refractivity contribution in [3.8, 4) is 0 Å². The fourth-order valence-electron chi connectivity index (χ4n) is 3.50. The van der Waals surface area contributed by atoms with Crippen molar-refractivity contribution in [3.63, 3.8) is 0 Å². The highest BCUT2D eigenvalue weighted by Gasteiger charge is 2.46. The van der Waals surface area contributed by atoms with Gasteiger partial charge in [-0.25, -0.2) is 0 Å².